The molecule has 0 saturated carbocycles. The fraction of sp³-hybridized carbons (Fsp3) is 0.111. The normalized spacial score (nSPS) is 12.1. The molecule has 10 heteroatoms. The lowest BCUT2D eigenvalue weighted by atomic mass is 10.0. The van der Waals surface area contributed by atoms with Crippen molar-refractivity contribution in [3.05, 3.63) is 57.7 Å². The Kier molecular flexibility index (Phi) is 4.28. The van der Waals surface area contributed by atoms with Crippen molar-refractivity contribution in [3.63, 3.8) is 0 Å². The van der Waals surface area contributed by atoms with E-state index in [2.05, 4.69) is 10.4 Å². The quantitative estimate of drug-likeness (QED) is 0.446. The molecule has 4 rings (SSSR count). The third-order valence-electron chi connectivity index (χ3n) is 4.18. The zero-order valence-electron chi connectivity index (χ0n) is 14.1. The maximum absolute atomic E-state index is 13.0. The van der Waals surface area contributed by atoms with Gasteiger partial charge in [0.15, 0.2) is 5.69 Å². The highest BCUT2D eigenvalue weighted by Gasteiger charge is 2.36. The molecule has 5 nitrogen and oxygen atoms in total. The van der Waals surface area contributed by atoms with E-state index in [1.807, 2.05) is 0 Å². The number of aryl methyl sites for hydroxylation is 1. The van der Waals surface area contributed by atoms with Gasteiger partial charge < -0.3 is 9.73 Å². The molecule has 144 valence electrons. The van der Waals surface area contributed by atoms with Crippen molar-refractivity contribution < 1.29 is 22.4 Å². The van der Waals surface area contributed by atoms with Gasteiger partial charge in [-0.2, -0.15) is 18.3 Å². The van der Waals surface area contributed by atoms with Crippen LogP contribution in [0.2, 0.25) is 10.0 Å². The van der Waals surface area contributed by atoms with Crippen LogP contribution in [0.15, 0.2) is 40.8 Å². The van der Waals surface area contributed by atoms with Gasteiger partial charge in [-0.15, -0.1) is 0 Å². The van der Waals surface area contributed by atoms with Crippen molar-refractivity contribution in [1.82, 2.24) is 9.78 Å². The average molecular weight is 428 g/mol. The number of amides is 1. The van der Waals surface area contributed by atoms with Crippen LogP contribution >= 0.6 is 23.2 Å². The minimum atomic E-state index is -4.61. The van der Waals surface area contributed by atoms with Gasteiger partial charge in [-0.05, 0) is 36.4 Å². The summed E-state index contributed by atoms with van der Waals surface area (Å²) in [5.41, 5.74) is 0.314. The number of anilines is 1. The van der Waals surface area contributed by atoms with Crippen molar-refractivity contribution >= 4 is 46.0 Å². The second-order valence-electron chi connectivity index (χ2n) is 6.03. The summed E-state index contributed by atoms with van der Waals surface area (Å²) in [5.74, 6) is -0.558. The Morgan fingerprint density at radius 1 is 1.11 bits per heavy atom. The first kappa shape index (κ1) is 18.6. The number of benzene rings is 2. The minimum Gasteiger partial charge on any atom is -0.456 e. The molecule has 0 aliphatic rings. The molecule has 1 N–H and O–H groups in total. The van der Waals surface area contributed by atoms with Gasteiger partial charge in [-0.3, -0.25) is 9.48 Å². The number of hydrogen-bond acceptors (Lipinski definition) is 3. The number of nitrogens with zero attached hydrogens (tertiary/aromatic N) is 2. The van der Waals surface area contributed by atoms with E-state index in [1.165, 1.54) is 19.2 Å². The Balaban J connectivity index is 1.77. The molecule has 3 heterocycles. The Morgan fingerprint density at radius 2 is 1.82 bits per heavy atom. The van der Waals surface area contributed by atoms with E-state index in [-0.39, 0.29) is 33.0 Å². The zero-order valence-corrected chi connectivity index (χ0v) is 15.6. The predicted molar refractivity (Wildman–Crippen MR) is 99.0 cm³/mol. The summed E-state index contributed by atoms with van der Waals surface area (Å²) in [6, 6.07) is 8.58. The minimum absolute atomic E-state index is 0.111. The first-order valence-electron chi connectivity index (χ1n) is 7.88. The molecular weight excluding hydrogens is 418 g/mol. The summed E-state index contributed by atoms with van der Waals surface area (Å²) >= 11 is 11.8. The number of aromatic nitrogens is 2. The number of nitrogens with one attached hydrogen (secondary N) is 1. The van der Waals surface area contributed by atoms with Crippen LogP contribution in [0.4, 0.5) is 18.9 Å². The van der Waals surface area contributed by atoms with Crippen molar-refractivity contribution in [2.24, 2.45) is 7.05 Å². The van der Waals surface area contributed by atoms with Gasteiger partial charge in [0.2, 0.25) is 0 Å². The molecule has 1 aromatic carbocycles. The predicted octanol–water partition coefficient (Wildman–Crippen LogP) is 5.85. The number of hydrogen-bond donors (Lipinski definition) is 1. The van der Waals surface area contributed by atoms with Crippen LogP contribution in [0.3, 0.4) is 0 Å². The zero-order chi connectivity index (χ0) is 20.2. The second kappa shape index (κ2) is 6.42. The SMILES string of the molecule is Cn1nc(C(F)(F)F)cc1-c1c(C(=O)Nc2ccc(Cl)c(Cl)c2)c2ccc1o2. The van der Waals surface area contributed by atoms with Gasteiger partial charge in [0.1, 0.15) is 11.2 Å². The number of furan rings is 2. The van der Waals surface area contributed by atoms with Crippen molar-refractivity contribution in [2.45, 2.75) is 6.18 Å². The maximum atomic E-state index is 13.0. The van der Waals surface area contributed by atoms with E-state index in [9.17, 15) is 18.0 Å². The lowest BCUT2D eigenvalue weighted by Gasteiger charge is -2.08. The molecule has 0 unspecified atom stereocenters. The van der Waals surface area contributed by atoms with Gasteiger partial charge in [0.25, 0.3) is 5.91 Å². The number of alkyl halides is 3. The topological polar surface area (TPSA) is 60.1 Å². The summed E-state index contributed by atoms with van der Waals surface area (Å²) in [7, 11) is 1.37. The van der Waals surface area contributed by atoms with Gasteiger partial charge in [-0.25, -0.2) is 0 Å². The number of carbonyl (C=O) groups excluding carboxylic acids is 1. The summed E-state index contributed by atoms with van der Waals surface area (Å²) < 4.78 is 45.6. The molecule has 1 amide bonds. The van der Waals surface area contributed by atoms with E-state index in [0.29, 0.717) is 10.7 Å². The number of carbonyl (C=O) groups is 1. The third-order valence-corrected chi connectivity index (χ3v) is 4.92. The number of fused-ring (bicyclic) bond motifs is 2. The van der Waals surface area contributed by atoms with Crippen molar-refractivity contribution in [3.8, 4) is 11.3 Å². The van der Waals surface area contributed by atoms with Crippen LogP contribution in [0.1, 0.15) is 16.1 Å². The van der Waals surface area contributed by atoms with Crippen LogP contribution < -0.4 is 5.32 Å². The third kappa shape index (κ3) is 3.08. The van der Waals surface area contributed by atoms with E-state index < -0.39 is 17.8 Å². The monoisotopic (exact) mass is 427 g/mol. The fourth-order valence-corrected chi connectivity index (χ4v) is 3.24. The first-order chi connectivity index (χ1) is 13.1. The van der Waals surface area contributed by atoms with Crippen molar-refractivity contribution in [1.29, 1.82) is 0 Å². The molecular formula is C18H10Cl2F3N3O2. The standard InChI is InChI=1S/C18H10Cl2F3N3O2/c1-26-11(7-14(25-26)18(21,22)23)15-12-4-5-13(28-12)16(15)17(27)24-8-2-3-9(19)10(20)6-8/h2-7H,1H3,(H,24,27). The van der Waals surface area contributed by atoms with Gasteiger partial charge in [0, 0.05) is 12.7 Å². The molecule has 0 aliphatic carbocycles. The highest BCUT2D eigenvalue weighted by Crippen LogP contribution is 2.39. The largest absolute Gasteiger partial charge is 0.456 e. The van der Waals surface area contributed by atoms with E-state index in [1.54, 1.807) is 18.2 Å². The maximum Gasteiger partial charge on any atom is 0.435 e. The first-order valence-corrected chi connectivity index (χ1v) is 8.63. The summed E-state index contributed by atoms with van der Waals surface area (Å²) in [4.78, 5) is 12.9. The Bertz CT molecular complexity index is 1200. The molecule has 0 radical (unpaired) electrons. The Labute approximate surface area is 166 Å². The molecule has 0 saturated heterocycles. The molecule has 0 atom stereocenters. The molecule has 28 heavy (non-hydrogen) atoms. The van der Waals surface area contributed by atoms with E-state index in [4.69, 9.17) is 27.6 Å². The molecule has 0 fully saturated rings. The Hall–Kier alpha value is -2.71. The molecule has 3 aromatic heterocycles. The van der Waals surface area contributed by atoms with E-state index in [0.717, 1.165) is 10.7 Å². The number of halogens is 5. The lowest BCUT2D eigenvalue weighted by molar-refractivity contribution is -0.141. The summed E-state index contributed by atoms with van der Waals surface area (Å²) in [6.07, 6.45) is -4.61. The highest BCUT2D eigenvalue weighted by atomic mass is 35.5. The lowest BCUT2D eigenvalue weighted by Crippen LogP contribution is -2.13. The van der Waals surface area contributed by atoms with Crippen LogP contribution in [-0.2, 0) is 13.2 Å². The second-order valence-corrected chi connectivity index (χ2v) is 6.85. The summed E-state index contributed by atoms with van der Waals surface area (Å²) in [5, 5.41) is 6.73. The smallest absolute Gasteiger partial charge is 0.435 e. The Morgan fingerprint density at radius 3 is 2.46 bits per heavy atom. The average Bonchev–Trinajstić information content (AvgIpc) is 3.31. The fourth-order valence-electron chi connectivity index (χ4n) is 2.94. The summed E-state index contributed by atoms with van der Waals surface area (Å²) in [6.45, 7) is 0. The van der Waals surface area contributed by atoms with Crippen LogP contribution in [0.25, 0.3) is 22.4 Å². The van der Waals surface area contributed by atoms with Gasteiger partial charge in [0.05, 0.1) is 26.9 Å². The molecule has 0 spiro atoms. The van der Waals surface area contributed by atoms with Crippen molar-refractivity contribution in [2.75, 3.05) is 5.32 Å². The van der Waals surface area contributed by atoms with Gasteiger partial charge in [-0.1, -0.05) is 23.2 Å². The molecule has 4 aromatic rings. The number of rotatable bonds is 3. The van der Waals surface area contributed by atoms with E-state index >= 15 is 0 Å². The van der Waals surface area contributed by atoms with Crippen LogP contribution in [0.5, 0.6) is 0 Å². The molecule has 0 aliphatic heterocycles. The molecule has 2 bridgehead atoms. The van der Waals surface area contributed by atoms with Crippen LogP contribution in [0, 0.1) is 0 Å². The van der Waals surface area contributed by atoms with Gasteiger partial charge >= 0.3 is 6.18 Å². The highest BCUT2D eigenvalue weighted by molar-refractivity contribution is 6.42. The van der Waals surface area contributed by atoms with Crippen LogP contribution in [-0.4, -0.2) is 15.7 Å².